The molecule has 0 N–H and O–H groups in total. The van der Waals surface area contributed by atoms with Crippen LogP contribution in [0.25, 0.3) is 0 Å². The number of hydrogen-bond donors (Lipinski definition) is 0. The summed E-state index contributed by atoms with van der Waals surface area (Å²) in [5.41, 5.74) is 1.02. The zero-order valence-electron chi connectivity index (χ0n) is 12.2. The molecule has 0 aromatic carbocycles. The first kappa shape index (κ1) is 15.1. The van der Waals surface area contributed by atoms with E-state index in [-0.39, 0.29) is 12.0 Å². The van der Waals surface area contributed by atoms with Gasteiger partial charge in [-0.3, -0.25) is 4.79 Å². The maximum Gasteiger partial charge on any atom is 0.240 e. The molecule has 0 spiro atoms. The SMILES string of the molecule is CC(C)Oc1cc(CN(C(=O)C(C)Cl)C2CC2)ccn1. The Bertz CT molecular complexity index is 473. The van der Waals surface area contributed by atoms with Gasteiger partial charge < -0.3 is 9.64 Å². The summed E-state index contributed by atoms with van der Waals surface area (Å²) in [5.74, 6) is 0.594. The summed E-state index contributed by atoms with van der Waals surface area (Å²) >= 11 is 5.93. The van der Waals surface area contributed by atoms with Crippen molar-refractivity contribution in [3.05, 3.63) is 23.9 Å². The minimum absolute atomic E-state index is 0.00249. The van der Waals surface area contributed by atoms with E-state index in [1.165, 1.54) is 0 Å². The van der Waals surface area contributed by atoms with E-state index in [0.29, 0.717) is 18.5 Å². The summed E-state index contributed by atoms with van der Waals surface area (Å²) < 4.78 is 5.58. The fourth-order valence-electron chi connectivity index (χ4n) is 2.05. The highest BCUT2D eigenvalue weighted by Crippen LogP contribution is 2.29. The third-order valence-corrected chi connectivity index (χ3v) is 3.31. The zero-order valence-corrected chi connectivity index (χ0v) is 12.9. The fraction of sp³-hybridized carbons (Fsp3) is 0.600. The largest absolute Gasteiger partial charge is 0.475 e. The highest BCUT2D eigenvalue weighted by atomic mass is 35.5. The van der Waals surface area contributed by atoms with Crippen molar-refractivity contribution in [3.63, 3.8) is 0 Å². The lowest BCUT2D eigenvalue weighted by atomic mass is 10.2. The second-order valence-corrected chi connectivity index (χ2v) is 6.14. The van der Waals surface area contributed by atoms with Crippen LogP contribution in [0.3, 0.4) is 0 Å². The molecule has 0 saturated heterocycles. The zero-order chi connectivity index (χ0) is 14.7. The highest BCUT2D eigenvalue weighted by Gasteiger charge is 2.34. The molecule has 1 aromatic rings. The Hall–Kier alpha value is -1.29. The van der Waals surface area contributed by atoms with Crippen molar-refractivity contribution in [3.8, 4) is 5.88 Å². The van der Waals surface area contributed by atoms with E-state index in [9.17, 15) is 4.79 Å². The monoisotopic (exact) mass is 296 g/mol. The second kappa shape index (κ2) is 6.44. The lowest BCUT2D eigenvalue weighted by Gasteiger charge is -2.24. The molecule has 2 rings (SSSR count). The predicted octanol–water partition coefficient (Wildman–Crippen LogP) is 2.99. The predicted molar refractivity (Wildman–Crippen MR) is 78.9 cm³/mol. The van der Waals surface area contributed by atoms with Crippen LogP contribution in [0, 0.1) is 0 Å². The van der Waals surface area contributed by atoms with Crippen LogP contribution >= 0.6 is 11.6 Å². The van der Waals surface area contributed by atoms with E-state index in [1.54, 1.807) is 13.1 Å². The summed E-state index contributed by atoms with van der Waals surface area (Å²) in [6, 6.07) is 4.14. The van der Waals surface area contributed by atoms with Crippen molar-refractivity contribution in [1.29, 1.82) is 0 Å². The molecule has 1 unspecified atom stereocenters. The van der Waals surface area contributed by atoms with Crippen LogP contribution in [0.15, 0.2) is 18.3 Å². The Morgan fingerprint density at radius 3 is 2.75 bits per heavy atom. The standard InChI is InChI=1S/C15H21ClN2O2/c1-10(2)20-14-8-12(6-7-17-14)9-18(13-4-5-13)15(19)11(3)16/h6-8,10-11,13H,4-5,9H2,1-3H3. The number of aromatic nitrogens is 1. The average Bonchev–Trinajstić information content (AvgIpc) is 3.19. The van der Waals surface area contributed by atoms with Gasteiger partial charge in [0.1, 0.15) is 5.38 Å². The molecular weight excluding hydrogens is 276 g/mol. The van der Waals surface area contributed by atoms with Crippen LogP contribution in [0.5, 0.6) is 5.88 Å². The first-order valence-electron chi connectivity index (χ1n) is 7.03. The van der Waals surface area contributed by atoms with Crippen molar-refractivity contribution in [1.82, 2.24) is 9.88 Å². The van der Waals surface area contributed by atoms with E-state index in [4.69, 9.17) is 16.3 Å². The number of rotatable bonds is 6. The lowest BCUT2D eigenvalue weighted by molar-refractivity contribution is -0.131. The van der Waals surface area contributed by atoms with Crippen LogP contribution in [-0.4, -0.2) is 33.3 Å². The maximum absolute atomic E-state index is 12.1. The van der Waals surface area contributed by atoms with Gasteiger partial charge in [0, 0.05) is 24.8 Å². The van der Waals surface area contributed by atoms with Crippen LogP contribution in [0.1, 0.15) is 39.2 Å². The first-order valence-corrected chi connectivity index (χ1v) is 7.47. The van der Waals surface area contributed by atoms with Crippen molar-refractivity contribution in [2.75, 3.05) is 0 Å². The van der Waals surface area contributed by atoms with Gasteiger partial charge in [-0.2, -0.15) is 0 Å². The van der Waals surface area contributed by atoms with Gasteiger partial charge in [-0.05, 0) is 45.2 Å². The molecule has 1 heterocycles. The Kier molecular flexibility index (Phi) is 4.86. The van der Waals surface area contributed by atoms with Crippen LogP contribution in [-0.2, 0) is 11.3 Å². The molecule has 1 atom stereocenters. The van der Waals surface area contributed by atoms with Crippen molar-refractivity contribution in [2.24, 2.45) is 0 Å². The Morgan fingerprint density at radius 1 is 1.50 bits per heavy atom. The molecule has 5 heteroatoms. The van der Waals surface area contributed by atoms with Gasteiger partial charge in [-0.1, -0.05) is 0 Å². The molecule has 1 aliphatic carbocycles. The number of nitrogens with zero attached hydrogens (tertiary/aromatic N) is 2. The summed E-state index contributed by atoms with van der Waals surface area (Å²) in [7, 11) is 0. The number of halogens is 1. The number of alkyl halides is 1. The molecule has 1 saturated carbocycles. The smallest absolute Gasteiger partial charge is 0.240 e. The van der Waals surface area contributed by atoms with Gasteiger partial charge in [0.25, 0.3) is 0 Å². The number of carbonyl (C=O) groups is 1. The molecule has 4 nitrogen and oxygen atoms in total. The summed E-state index contributed by atoms with van der Waals surface area (Å²) in [6.07, 6.45) is 3.93. The number of hydrogen-bond acceptors (Lipinski definition) is 3. The minimum atomic E-state index is -0.483. The Labute approximate surface area is 125 Å². The number of pyridine rings is 1. The Morgan fingerprint density at radius 2 is 2.20 bits per heavy atom. The van der Waals surface area contributed by atoms with E-state index in [2.05, 4.69) is 4.98 Å². The van der Waals surface area contributed by atoms with Gasteiger partial charge in [-0.25, -0.2) is 4.98 Å². The highest BCUT2D eigenvalue weighted by molar-refractivity contribution is 6.30. The molecule has 1 amide bonds. The van der Waals surface area contributed by atoms with Gasteiger partial charge in [0.2, 0.25) is 11.8 Å². The van der Waals surface area contributed by atoms with Gasteiger partial charge in [-0.15, -0.1) is 11.6 Å². The quantitative estimate of drug-likeness (QED) is 0.758. The first-order chi connectivity index (χ1) is 9.47. The van der Waals surface area contributed by atoms with Crippen LogP contribution in [0.4, 0.5) is 0 Å². The summed E-state index contributed by atoms with van der Waals surface area (Å²) in [6.45, 7) is 6.21. The normalized spacial score (nSPS) is 16.1. The summed E-state index contributed by atoms with van der Waals surface area (Å²) in [5, 5.41) is -0.483. The third kappa shape index (κ3) is 4.10. The number of carbonyl (C=O) groups excluding carboxylic acids is 1. The molecule has 1 fully saturated rings. The van der Waals surface area contributed by atoms with E-state index < -0.39 is 5.38 Å². The lowest BCUT2D eigenvalue weighted by Crippen LogP contribution is -2.37. The number of amides is 1. The van der Waals surface area contributed by atoms with Crippen molar-refractivity contribution >= 4 is 17.5 Å². The topological polar surface area (TPSA) is 42.4 Å². The second-order valence-electron chi connectivity index (χ2n) is 5.48. The van der Waals surface area contributed by atoms with E-state index in [1.807, 2.05) is 30.9 Å². The summed E-state index contributed by atoms with van der Waals surface area (Å²) in [4.78, 5) is 18.2. The molecule has 0 aliphatic heterocycles. The van der Waals surface area contributed by atoms with Crippen LogP contribution in [0.2, 0.25) is 0 Å². The molecule has 1 aliphatic rings. The maximum atomic E-state index is 12.1. The molecule has 0 bridgehead atoms. The van der Waals surface area contributed by atoms with Gasteiger partial charge in [0.05, 0.1) is 6.10 Å². The Balaban J connectivity index is 2.08. The molecule has 110 valence electrons. The molecule has 20 heavy (non-hydrogen) atoms. The average molecular weight is 297 g/mol. The molecular formula is C15H21ClN2O2. The van der Waals surface area contributed by atoms with E-state index in [0.717, 1.165) is 18.4 Å². The van der Waals surface area contributed by atoms with Crippen molar-refractivity contribution < 1.29 is 9.53 Å². The van der Waals surface area contributed by atoms with Gasteiger partial charge >= 0.3 is 0 Å². The molecule has 1 aromatic heterocycles. The third-order valence-electron chi connectivity index (χ3n) is 3.12. The van der Waals surface area contributed by atoms with Gasteiger partial charge in [0.15, 0.2) is 0 Å². The van der Waals surface area contributed by atoms with E-state index >= 15 is 0 Å². The molecule has 0 radical (unpaired) electrons. The minimum Gasteiger partial charge on any atom is -0.475 e. The van der Waals surface area contributed by atoms with Crippen LogP contribution < -0.4 is 4.74 Å². The van der Waals surface area contributed by atoms with Crippen molar-refractivity contribution in [2.45, 2.75) is 57.7 Å². The number of ether oxygens (including phenoxy) is 1. The fourth-order valence-corrected chi connectivity index (χ4v) is 2.18.